The van der Waals surface area contributed by atoms with Crippen LogP contribution >= 0.6 is 15.9 Å². The van der Waals surface area contributed by atoms with Gasteiger partial charge in [0.05, 0.1) is 6.61 Å². The van der Waals surface area contributed by atoms with Crippen molar-refractivity contribution in [2.45, 2.75) is 13.8 Å². The van der Waals surface area contributed by atoms with Crippen LogP contribution in [0.1, 0.15) is 18.1 Å². The summed E-state index contributed by atoms with van der Waals surface area (Å²) in [6, 6.07) is 19.2. The molecule has 2 heterocycles. The summed E-state index contributed by atoms with van der Waals surface area (Å²) in [5.41, 5.74) is 0.858. The van der Waals surface area contributed by atoms with Crippen LogP contribution in [0.15, 0.2) is 81.7 Å². The van der Waals surface area contributed by atoms with Crippen LogP contribution in [-0.2, 0) is 4.79 Å². The second-order valence-corrected chi connectivity index (χ2v) is 8.57. The number of hydrogen-bond donors (Lipinski definition) is 1. The highest BCUT2D eigenvalue weighted by atomic mass is 79.9. The van der Waals surface area contributed by atoms with E-state index in [0.29, 0.717) is 29.4 Å². The van der Waals surface area contributed by atoms with Gasteiger partial charge in [0.15, 0.2) is 0 Å². The summed E-state index contributed by atoms with van der Waals surface area (Å²) in [6.45, 7) is 4.22. The number of nitrogens with one attached hydrogen (secondary N) is 1. The summed E-state index contributed by atoms with van der Waals surface area (Å²) in [4.78, 5) is 30.8. The van der Waals surface area contributed by atoms with Crippen molar-refractivity contribution in [1.29, 1.82) is 5.26 Å². The van der Waals surface area contributed by atoms with Crippen LogP contribution in [0, 0.1) is 18.3 Å². The van der Waals surface area contributed by atoms with Crippen LogP contribution in [-0.4, -0.2) is 21.9 Å². The van der Waals surface area contributed by atoms with E-state index in [2.05, 4.69) is 26.2 Å². The molecule has 0 atom stereocenters. The molecule has 4 aromatic rings. The number of nitriles is 1. The van der Waals surface area contributed by atoms with Crippen LogP contribution in [0.5, 0.6) is 17.4 Å². The van der Waals surface area contributed by atoms with Crippen LogP contribution in [0.4, 0.5) is 5.69 Å². The number of carbonyl (C=O) groups is 1. The van der Waals surface area contributed by atoms with Gasteiger partial charge in [-0.05, 0) is 80.1 Å². The van der Waals surface area contributed by atoms with Gasteiger partial charge in [0.1, 0.15) is 34.4 Å². The number of amides is 1. The second kappa shape index (κ2) is 10.9. The van der Waals surface area contributed by atoms with Gasteiger partial charge in [-0.25, -0.2) is 0 Å². The molecule has 4 rings (SSSR count). The van der Waals surface area contributed by atoms with E-state index in [1.54, 1.807) is 60.8 Å². The number of anilines is 1. The van der Waals surface area contributed by atoms with Crippen molar-refractivity contribution in [2.75, 3.05) is 11.9 Å². The van der Waals surface area contributed by atoms with Crippen LogP contribution in [0.3, 0.4) is 0 Å². The number of rotatable bonds is 7. The lowest BCUT2D eigenvalue weighted by atomic mass is 10.1. The fraction of sp³-hybridized carbons (Fsp3) is 0.111. The van der Waals surface area contributed by atoms with E-state index in [-0.39, 0.29) is 17.0 Å². The number of pyridine rings is 1. The minimum absolute atomic E-state index is 0.0155. The Morgan fingerprint density at radius 1 is 1.14 bits per heavy atom. The maximum Gasteiger partial charge on any atom is 0.269 e. The molecular weight excluding hydrogens is 524 g/mol. The highest BCUT2D eigenvalue weighted by Crippen LogP contribution is 2.26. The first kappa shape index (κ1) is 24.7. The number of halogens is 1. The molecule has 180 valence electrons. The summed E-state index contributed by atoms with van der Waals surface area (Å²) >= 11 is 3.37. The van der Waals surface area contributed by atoms with Gasteiger partial charge < -0.3 is 14.8 Å². The molecule has 0 aliphatic carbocycles. The Bertz CT molecular complexity index is 1550. The minimum atomic E-state index is -0.676. The van der Waals surface area contributed by atoms with Gasteiger partial charge in [-0.2, -0.15) is 10.2 Å². The molecule has 36 heavy (non-hydrogen) atoms. The fourth-order valence-electron chi connectivity index (χ4n) is 3.40. The lowest BCUT2D eigenvalue weighted by Gasteiger charge is -2.12. The quantitative estimate of drug-likeness (QED) is 0.243. The summed E-state index contributed by atoms with van der Waals surface area (Å²) in [7, 11) is 0. The average molecular weight is 545 g/mol. The van der Waals surface area contributed by atoms with Crippen molar-refractivity contribution >= 4 is 39.2 Å². The van der Waals surface area contributed by atoms with E-state index in [0.717, 1.165) is 10.0 Å². The SMILES string of the molecule is CCOc1ccc(NC(=O)C(C#N)=Cc2c(Oc3ccc(Br)cc3)nc3c(C)cccn3c2=O)cc1. The second-order valence-electron chi connectivity index (χ2n) is 7.66. The minimum Gasteiger partial charge on any atom is -0.494 e. The summed E-state index contributed by atoms with van der Waals surface area (Å²) in [5, 5.41) is 12.4. The molecule has 0 spiro atoms. The van der Waals surface area contributed by atoms with E-state index in [1.165, 1.54) is 10.5 Å². The van der Waals surface area contributed by atoms with Gasteiger partial charge in [-0.15, -0.1) is 0 Å². The van der Waals surface area contributed by atoms with Gasteiger partial charge in [0.25, 0.3) is 11.5 Å². The zero-order chi connectivity index (χ0) is 25.7. The molecule has 1 N–H and O–H groups in total. The largest absolute Gasteiger partial charge is 0.494 e. The Morgan fingerprint density at radius 2 is 1.83 bits per heavy atom. The first-order valence-corrected chi connectivity index (χ1v) is 11.8. The molecule has 2 aromatic heterocycles. The number of aryl methyl sites for hydroxylation is 1. The number of fused-ring (bicyclic) bond motifs is 1. The molecule has 0 aliphatic rings. The highest BCUT2D eigenvalue weighted by Gasteiger charge is 2.18. The van der Waals surface area contributed by atoms with Crippen LogP contribution in [0.25, 0.3) is 11.7 Å². The molecule has 0 bridgehead atoms. The van der Waals surface area contributed by atoms with Gasteiger partial charge in [-0.1, -0.05) is 22.0 Å². The smallest absolute Gasteiger partial charge is 0.269 e. The number of ether oxygens (including phenoxy) is 2. The Kier molecular flexibility index (Phi) is 7.47. The third kappa shape index (κ3) is 5.45. The molecule has 0 unspecified atom stereocenters. The molecule has 0 radical (unpaired) electrons. The predicted octanol–water partition coefficient (Wildman–Crippen LogP) is 5.50. The van der Waals surface area contributed by atoms with Crippen LogP contribution < -0.4 is 20.3 Å². The fourth-order valence-corrected chi connectivity index (χ4v) is 3.66. The van der Waals surface area contributed by atoms with E-state index in [9.17, 15) is 14.9 Å². The molecule has 0 fully saturated rings. The lowest BCUT2D eigenvalue weighted by molar-refractivity contribution is -0.112. The number of nitrogens with zero attached hydrogens (tertiary/aromatic N) is 3. The molecule has 1 amide bonds. The van der Waals surface area contributed by atoms with Gasteiger partial charge in [0.2, 0.25) is 5.88 Å². The zero-order valence-electron chi connectivity index (χ0n) is 19.5. The van der Waals surface area contributed by atoms with E-state index >= 15 is 0 Å². The molecule has 9 heteroatoms. The Hall–Kier alpha value is -4.42. The molecule has 8 nitrogen and oxygen atoms in total. The third-order valence-electron chi connectivity index (χ3n) is 5.15. The maximum atomic E-state index is 13.4. The third-order valence-corrected chi connectivity index (χ3v) is 5.68. The first-order chi connectivity index (χ1) is 17.4. The monoisotopic (exact) mass is 544 g/mol. The number of benzene rings is 2. The summed E-state index contributed by atoms with van der Waals surface area (Å²) < 4.78 is 13.6. The predicted molar refractivity (Wildman–Crippen MR) is 140 cm³/mol. The molecule has 0 saturated heterocycles. The number of hydrogen-bond acceptors (Lipinski definition) is 6. The van der Waals surface area contributed by atoms with E-state index < -0.39 is 11.5 Å². The topological polar surface area (TPSA) is 106 Å². The van der Waals surface area contributed by atoms with Crippen molar-refractivity contribution in [3.8, 4) is 23.4 Å². The summed E-state index contributed by atoms with van der Waals surface area (Å²) in [5.74, 6) is 0.407. The summed E-state index contributed by atoms with van der Waals surface area (Å²) in [6.07, 6.45) is 2.77. The standard InChI is InChI=1S/C27H21BrN4O4/c1-3-35-21-12-8-20(9-13-21)30-25(33)18(16-29)15-23-26(36-22-10-6-19(28)7-11-22)31-24-17(2)5-4-14-32(24)27(23)34/h4-15H,3H2,1-2H3,(H,30,33). The Labute approximate surface area is 215 Å². The van der Waals surface area contributed by atoms with Gasteiger partial charge in [-0.3, -0.25) is 14.0 Å². The zero-order valence-corrected chi connectivity index (χ0v) is 21.1. The van der Waals surface area contributed by atoms with Crippen molar-refractivity contribution in [2.24, 2.45) is 0 Å². The molecule has 0 saturated carbocycles. The van der Waals surface area contributed by atoms with E-state index in [4.69, 9.17) is 9.47 Å². The average Bonchev–Trinajstić information content (AvgIpc) is 2.87. The normalized spacial score (nSPS) is 11.1. The maximum absolute atomic E-state index is 13.4. The Balaban J connectivity index is 1.76. The van der Waals surface area contributed by atoms with E-state index in [1.807, 2.05) is 26.0 Å². The first-order valence-electron chi connectivity index (χ1n) is 11.0. The van der Waals surface area contributed by atoms with Crippen molar-refractivity contribution in [1.82, 2.24) is 9.38 Å². The van der Waals surface area contributed by atoms with Crippen LogP contribution in [0.2, 0.25) is 0 Å². The number of aromatic nitrogens is 2. The lowest BCUT2D eigenvalue weighted by Crippen LogP contribution is -2.20. The molecular formula is C27H21BrN4O4. The van der Waals surface area contributed by atoms with Crippen molar-refractivity contribution in [3.63, 3.8) is 0 Å². The Morgan fingerprint density at radius 3 is 2.50 bits per heavy atom. The van der Waals surface area contributed by atoms with Gasteiger partial charge in [0, 0.05) is 16.4 Å². The molecule has 2 aromatic carbocycles. The van der Waals surface area contributed by atoms with Gasteiger partial charge >= 0.3 is 0 Å². The molecule has 0 aliphatic heterocycles. The number of carbonyl (C=O) groups excluding carboxylic acids is 1. The van der Waals surface area contributed by atoms with Crippen molar-refractivity contribution < 1.29 is 14.3 Å². The van der Waals surface area contributed by atoms with Crippen molar-refractivity contribution in [3.05, 3.63) is 98.4 Å². The highest BCUT2D eigenvalue weighted by molar-refractivity contribution is 9.10.